The van der Waals surface area contributed by atoms with Gasteiger partial charge in [-0.05, 0) is 118 Å². The van der Waals surface area contributed by atoms with Crippen molar-refractivity contribution in [1.82, 2.24) is 0 Å². The van der Waals surface area contributed by atoms with E-state index < -0.39 is 6.08 Å². The topological polar surface area (TPSA) is 20.2 Å². The van der Waals surface area contributed by atoms with Crippen molar-refractivity contribution in [2.45, 2.75) is 110 Å². The molecule has 1 heteroatoms. The molecule has 156 valence electrons. The molecule has 1 N–H and O–H groups in total. The Balaban J connectivity index is 1.36. The van der Waals surface area contributed by atoms with Crippen LogP contribution in [0.4, 0.5) is 0 Å². The van der Waals surface area contributed by atoms with Crippen molar-refractivity contribution in [2.75, 3.05) is 0 Å². The second-order valence-corrected chi connectivity index (χ2v) is 11.6. The Hall–Kier alpha value is -0.560. The summed E-state index contributed by atoms with van der Waals surface area (Å²) in [6, 6.07) is 0. The van der Waals surface area contributed by atoms with E-state index in [4.69, 9.17) is 1.37 Å². The van der Waals surface area contributed by atoms with E-state index in [1.54, 1.807) is 11.1 Å². The average molecular weight is 385 g/mol. The first kappa shape index (κ1) is 18.2. The van der Waals surface area contributed by atoms with E-state index in [1.165, 1.54) is 64.2 Å². The van der Waals surface area contributed by atoms with Crippen molar-refractivity contribution in [2.24, 2.45) is 34.5 Å². The lowest BCUT2D eigenvalue weighted by molar-refractivity contribution is 0.0133. The van der Waals surface area contributed by atoms with Gasteiger partial charge in [0.25, 0.3) is 0 Å². The van der Waals surface area contributed by atoms with Gasteiger partial charge in [-0.2, -0.15) is 0 Å². The van der Waals surface area contributed by atoms with E-state index in [1.807, 2.05) is 5.57 Å². The quantitative estimate of drug-likeness (QED) is 0.508. The normalized spacial score (nSPS) is 49.1. The molecule has 0 aromatic carbocycles. The fourth-order valence-corrected chi connectivity index (χ4v) is 8.27. The summed E-state index contributed by atoms with van der Waals surface area (Å²) in [5, 5.41) is 10.4. The zero-order chi connectivity index (χ0) is 20.4. The standard InChI is InChI=1S/C27H42O/c1-18(5-4-6-19-7-8-19)23-11-12-24-22-10-9-20-17-21(28)13-15-26(20,2)25(22)14-16-27(23,24)3/h6,18,20-21,23-24,28H,4-5,7-17H2,1-3H3/t18-,20+,21+,23-,24+,26+,27-/m1/s1/i21T. The number of allylic oxidation sites excluding steroid dienone is 4. The van der Waals surface area contributed by atoms with Crippen molar-refractivity contribution < 1.29 is 6.48 Å². The molecule has 0 heterocycles. The first-order valence-corrected chi connectivity index (χ1v) is 12.4. The van der Waals surface area contributed by atoms with Crippen LogP contribution in [0.2, 0.25) is 0 Å². The summed E-state index contributed by atoms with van der Waals surface area (Å²) in [5.74, 6) is 3.08. The van der Waals surface area contributed by atoms with Gasteiger partial charge in [0, 0.05) is 0 Å². The van der Waals surface area contributed by atoms with Gasteiger partial charge in [0.15, 0.2) is 0 Å². The van der Waals surface area contributed by atoms with Crippen LogP contribution in [-0.4, -0.2) is 11.2 Å². The number of hydrogen-bond donors (Lipinski definition) is 1. The summed E-state index contributed by atoms with van der Waals surface area (Å²) in [6.07, 6.45) is 17.1. The molecule has 3 saturated carbocycles. The second kappa shape index (κ2) is 7.00. The molecule has 5 aliphatic rings. The molecular formula is C27H42O. The van der Waals surface area contributed by atoms with Crippen LogP contribution < -0.4 is 0 Å². The third-order valence-corrected chi connectivity index (χ3v) is 10.2. The van der Waals surface area contributed by atoms with Gasteiger partial charge in [0.2, 0.25) is 0 Å². The Labute approximate surface area is 174 Å². The minimum atomic E-state index is -1.17. The Kier molecular flexibility index (Phi) is 4.56. The van der Waals surface area contributed by atoms with E-state index in [-0.39, 0.29) is 5.41 Å². The molecule has 7 atom stereocenters. The highest BCUT2D eigenvalue weighted by atomic mass is 16.3. The van der Waals surface area contributed by atoms with E-state index in [9.17, 15) is 5.11 Å². The zero-order valence-corrected chi connectivity index (χ0v) is 18.5. The summed E-state index contributed by atoms with van der Waals surface area (Å²) in [5.41, 5.74) is 6.12. The Morgan fingerprint density at radius 1 is 1.11 bits per heavy atom. The number of rotatable bonds is 4. The number of aliphatic hydroxyl groups is 1. The third-order valence-electron chi connectivity index (χ3n) is 10.2. The summed E-state index contributed by atoms with van der Waals surface area (Å²) in [6.45, 7) is 7.68. The summed E-state index contributed by atoms with van der Waals surface area (Å²) >= 11 is 0. The molecule has 5 aliphatic carbocycles. The van der Waals surface area contributed by atoms with E-state index in [0.717, 1.165) is 24.2 Å². The minimum absolute atomic E-state index is 0.266. The monoisotopic (exact) mass is 384 g/mol. The molecule has 3 fully saturated rings. The second-order valence-electron chi connectivity index (χ2n) is 11.6. The molecule has 5 rings (SSSR count). The molecule has 0 radical (unpaired) electrons. The van der Waals surface area contributed by atoms with Gasteiger partial charge < -0.3 is 5.11 Å². The van der Waals surface area contributed by atoms with Crippen molar-refractivity contribution in [3.05, 3.63) is 22.8 Å². The summed E-state index contributed by atoms with van der Waals surface area (Å²) < 4.78 is 8.21. The van der Waals surface area contributed by atoms with E-state index in [2.05, 4.69) is 26.8 Å². The van der Waals surface area contributed by atoms with Crippen molar-refractivity contribution in [1.29, 1.82) is 0 Å². The highest BCUT2D eigenvalue weighted by Crippen LogP contribution is 2.66. The highest BCUT2D eigenvalue weighted by molar-refractivity contribution is 5.34. The lowest BCUT2D eigenvalue weighted by Gasteiger charge is -2.55. The van der Waals surface area contributed by atoms with Crippen LogP contribution >= 0.6 is 0 Å². The van der Waals surface area contributed by atoms with Gasteiger partial charge in [-0.1, -0.05) is 43.6 Å². The first-order valence-electron chi connectivity index (χ1n) is 12.9. The smallest absolute Gasteiger partial charge is 0.0600 e. The van der Waals surface area contributed by atoms with Gasteiger partial charge in [-0.15, -0.1) is 0 Å². The van der Waals surface area contributed by atoms with Crippen LogP contribution in [0.5, 0.6) is 0 Å². The highest BCUT2D eigenvalue weighted by Gasteiger charge is 2.55. The Morgan fingerprint density at radius 3 is 2.71 bits per heavy atom. The van der Waals surface area contributed by atoms with Crippen LogP contribution in [-0.2, 0) is 0 Å². The van der Waals surface area contributed by atoms with E-state index >= 15 is 0 Å². The van der Waals surface area contributed by atoms with Crippen LogP contribution in [0, 0.1) is 34.5 Å². The minimum Gasteiger partial charge on any atom is -0.393 e. The van der Waals surface area contributed by atoms with Crippen LogP contribution in [0.15, 0.2) is 22.8 Å². The summed E-state index contributed by atoms with van der Waals surface area (Å²) in [7, 11) is 0. The molecule has 0 aliphatic heterocycles. The maximum Gasteiger partial charge on any atom is 0.0600 e. The van der Waals surface area contributed by atoms with Crippen LogP contribution in [0.3, 0.4) is 0 Å². The molecular weight excluding hydrogens is 340 g/mol. The van der Waals surface area contributed by atoms with Gasteiger partial charge in [0.05, 0.1) is 7.45 Å². The molecule has 0 saturated heterocycles. The molecule has 1 nitrogen and oxygen atoms in total. The van der Waals surface area contributed by atoms with Gasteiger partial charge >= 0.3 is 0 Å². The number of fused-ring (bicyclic) bond motifs is 4. The Bertz CT molecular complexity index is 727. The predicted octanol–water partition coefficient (Wildman–Crippen LogP) is 7.21. The van der Waals surface area contributed by atoms with Crippen LogP contribution in [0.25, 0.3) is 0 Å². The maximum absolute atomic E-state index is 10.4. The maximum atomic E-state index is 10.4. The molecule has 0 bridgehead atoms. The van der Waals surface area contributed by atoms with Gasteiger partial charge in [-0.25, -0.2) is 0 Å². The Morgan fingerprint density at radius 2 is 1.93 bits per heavy atom. The zero-order valence-electron chi connectivity index (χ0n) is 19.5. The molecule has 28 heavy (non-hydrogen) atoms. The molecule has 0 aromatic rings. The lowest BCUT2D eigenvalue weighted by Crippen LogP contribution is -2.45. The van der Waals surface area contributed by atoms with Crippen molar-refractivity contribution >= 4 is 0 Å². The number of hydrogen-bond acceptors (Lipinski definition) is 1. The molecule has 0 spiro atoms. The third kappa shape index (κ3) is 3.06. The van der Waals surface area contributed by atoms with Crippen molar-refractivity contribution in [3.8, 4) is 0 Å². The molecule has 0 aromatic heterocycles. The van der Waals surface area contributed by atoms with E-state index in [0.29, 0.717) is 24.2 Å². The SMILES string of the molecule is [3H][C@]1(O)CC[C@]2(C)C3=C(CC[C@H]2C1)[C@@H]1CC[C@H]([C@H](C)CCC=C2CC2)[C@@]1(C)CC3. The fourth-order valence-electron chi connectivity index (χ4n) is 8.27. The predicted molar refractivity (Wildman–Crippen MR) is 117 cm³/mol. The first-order chi connectivity index (χ1) is 13.7. The largest absolute Gasteiger partial charge is 0.393 e. The average Bonchev–Trinajstić information content (AvgIpc) is 3.41. The molecule has 0 amide bonds. The van der Waals surface area contributed by atoms with Crippen molar-refractivity contribution in [3.63, 3.8) is 0 Å². The fraction of sp³-hybridized carbons (Fsp3) is 0.852. The summed E-state index contributed by atoms with van der Waals surface area (Å²) in [4.78, 5) is 0. The molecule has 0 unspecified atom stereocenters. The van der Waals surface area contributed by atoms with Crippen LogP contribution in [0.1, 0.15) is 106 Å². The lowest BCUT2D eigenvalue weighted by atomic mass is 9.50. The van der Waals surface area contributed by atoms with Gasteiger partial charge in [-0.3, -0.25) is 0 Å². The van der Waals surface area contributed by atoms with Gasteiger partial charge in [0.1, 0.15) is 0 Å².